The van der Waals surface area contributed by atoms with Gasteiger partial charge in [0.05, 0.1) is 9.92 Å². The van der Waals surface area contributed by atoms with Crippen LogP contribution in [-0.4, -0.2) is 12.9 Å². The molecule has 78 valence electrons. The first-order valence-electron chi connectivity index (χ1n) is 3.52. The van der Waals surface area contributed by atoms with Crippen molar-refractivity contribution in [3.63, 3.8) is 0 Å². The SMILES string of the molecule is CSc1c(Cl)cc(Cl)cc1OC(F)F. The van der Waals surface area contributed by atoms with E-state index in [4.69, 9.17) is 23.2 Å². The zero-order valence-electron chi connectivity index (χ0n) is 7.06. The van der Waals surface area contributed by atoms with Crippen molar-refractivity contribution in [1.29, 1.82) is 0 Å². The fourth-order valence-electron chi connectivity index (χ4n) is 0.918. The van der Waals surface area contributed by atoms with Gasteiger partial charge in [-0.05, 0) is 12.3 Å². The number of halogens is 4. The van der Waals surface area contributed by atoms with E-state index in [1.54, 1.807) is 6.26 Å². The molecule has 6 heteroatoms. The fourth-order valence-corrected chi connectivity index (χ4v) is 2.19. The lowest BCUT2D eigenvalue weighted by Gasteiger charge is -2.10. The number of alkyl halides is 2. The molecule has 0 spiro atoms. The molecule has 0 aliphatic heterocycles. The third-order valence-electron chi connectivity index (χ3n) is 1.39. The molecule has 0 saturated carbocycles. The first-order valence-corrected chi connectivity index (χ1v) is 5.50. The van der Waals surface area contributed by atoms with Gasteiger partial charge in [0.2, 0.25) is 0 Å². The second kappa shape index (κ2) is 5.05. The van der Waals surface area contributed by atoms with E-state index in [0.717, 1.165) is 0 Å². The summed E-state index contributed by atoms with van der Waals surface area (Å²) in [6.07, 6.45) is 1.72. The Balaban J connectivity index is 3.11. The standard InChI is InChI=1S/C8H6Cl2F2OS/c1-14-7-5(10)2-4(9)3-6(7)13-8(11)12/h2-3,8H,1H3. The second-order valence-electron chi connectivity index (χ2n) is 2.30. The minimum absolute atomic E-state index is 0.00463. The van der Waals surface area contributed by atoms with Gasteiger partial charge in [-0.2, -0.15) is 8.78 Å². The Kier molecular flexibility index (Phi) is 4.29. The van der Waals surface area contributed by atoms with Crippen molar-refractivity contribution in [1.82, 2.24) is 0 Å². The first kappa shape index (κ1) is 11.9. The van der Waals surface area contributed by atoms with Crippen LogP contribution in [0.3, 0.4) is 0 Å². The topological polar surface area (TPSA) is 9.23 Å². The molecule has 0 radical (unpaired) electrons. The Labute approximate surface area is 94.3 Å². The van der Waals surface area contributed by atoms with Crippen LogP contribution in [0.2, 0.25) is 10.0 Å². The maximum absolute atomic E-state index is 12.0. The Hall–Kier alpha value is -0.190. The molecule has 1 aromatic carbocycles. The van der Waals surface area contributed by atoms with Crippen molar-refractivity contribution >= 4 is 35.0 Å². The van der Waals surface area contributed by atoms with Crippen LogP contribution in [0.15, 0.2) is 17.0 Å². The number of hydrogen-bond donors (Lipinski definition) is 0. The number of benzene rings is 1. The number of thioether (sulfide) groups is 1. The van der Waals surface area contributed by atoms with Gasteiger partial charge in [-0.1, -0.05) is 23.2 Å². The molecule has 0 aliphatic carbocycles. The third-order valence-corrected chi connectivity index (χ3v) is 2.85. The van der Waals surface area contributed by atoms with Crippen molar-refractivity contribution in [2.75, 3.05) is 6.26 Å². The van der Waals surface area contributed by atoms with Crippen LogP contribution in [-0.2, 0) is 0 Å². The predicted octanol–water partition coefficient (Wildman–Crippen LogP) is 4.32. The molecule has 1 nitrogen and oxygen atoms in total. The van der Waals surface area contributed by atoms with Crippen LogP contribution in [0, 0.1) is 0 Å². The lowest BCUT2D eigenvalue weighted by atomic mass is 10.3. The van der Waals surface area contributed by atoms with Gasteiger partial charge in [-0.15, -0.1) is 11.8 Å². The summed E-state index contributed by atoms with van der Waals surface area (Å²) in [5.74, 6) is 0.00463. The van der Waals surface area contributed by atoms with Crippen LogP contribution in [0.1, 0.15) is 0 Å². The molecule has 1 aromatic rings. The molecule has 0 atom stereocenters. The highest BCUT2D eigenvalue weighted by atomic mass is 35.5. The Bertz CT molecular complexity index is 333. The average molecular weight is 259 g/mol. The van der Waals surface area contributed by atoms with Gasteiger partial charge >= 0.3 is 6.61 Å². The zero-order valence-corrected chi connectivity index (χ0v) is 9.39. The van der Waals surface area contributed by atoms with Gasteiger partial charge in [-0.25, -0.2) is 0 Å². The molecule has 1 rings (SSSR count). The molecule has 0 saturated heterocycles. The third kappa shape index (κ3) is 2.90. The van der Waals surface area contributed by atoms with Gasteiger partial charge in [0.15, 0.2) is 0 Å². The van der Waals surface area contributed by atoms with Crippen LogP contribution >= 0.6 is 35.0 Å². The maximum atomic E-state index is 12.0. The van der Waals surface area contributed by atoms with E-state index >= 15 is 0 Å². The molecule has 0 aromatic heterocycles. The summed E-state index contributed by atoms with van der Waals surface area (Å²) in [6.45, 7) is -2.88. The lowest BCUT2D eigenvalue weighted by molar-refractivity contribution is -0.0516. The fraction of sp³-hybridized carbons (Fsp3) is 0.250. The minimum atomic E-state index is -2.88. The highest BCUT2D eigenvalue weighted by molar-refractivity contribution is 7.98. The summed E-state index contributed by atoms with van der Waals surface area (Å²) in [5.41, 5.74) is 0. The van der Waals surface area contributed by atoms with E-state index in [9.17, 15) is 8.78 Å². The summed E-state index contributed by atoms with van der Waals surface area (Å²) in [5, 5.41) is 0.573. The molecule has 0 heterocycles. The molecule has 0 fully saturated rings. The first-order chi connectivity index (χ1) is 6.54. The molecule has 0 aliphatic rings. The highest BCUT2D eigenvalue weighted by Gasteiger charge is 2.13. The predicted molar refractivity (Wildman–Crippen MR) is 54.9 cm³/mol. The van der Waals surface area contributed by atoms with Crippen molar-refractivity contribution in [3.05, 3.63) is 22.2 Å². The molecular weight excluding hydrogens is 253 g/mol. The van der Waals surface area contributed by atoms with E-state index in [0.29, 0.717) is 9.92 Å². The summed E-state index contributed by atoms with van der Waals surface area (Å²) in [7, 11) is 0. The Morgan fingerprint density at radius 1 is 1.36 bits per heavy atom. The quantitative estimate of drug-likeness (QED) is 0.747. The molecule has 0 N–H and O–H groups in total. The summed E-state index contributed by atoms with van der Waals surface area (Å²) in [4.78, 5) is 0.455. The van der Waals surface area contributed by atoms with Gasteiger partial charge in [0.1, 0.15) is 5.75 Å². The minimum Gasteiger partial charge on any atom is -0.434 e. The molecule has 14 heavy (non-hydrogen) atoms. The molecule has 0 amide bonds. The summed E-state index contributed by atoms with van der Waals surface area (Å²) < 4.78 is 28.2. The van der Waals surface area contributed by atoms with Gasteiger partial charge in [0, 0.05) is 11.1 Å². The number of hydrogen-bond acceptors (Lipinski definition) is 2. The average Bonchev–Trinajstić information content (AvgIpc) is 2.01. The van der Waals surface area contributed by atoms with Crippen molar-refractivity contribution in [2.45, 2.75) is 11.5 Å². The van der Waals surface area contributed by atoms with Gasteiger partial charge < -0.3 is 4.74 Å². The second-order valence-corrected chi connectivity index (χ2v) is 3.96. The summed E-state index contributed by atoms with van der Waals surface area (Å²) >= 11 is 12.7. The monoisotopic (exact) mass is 258 g/mol. The van der Waals surface area contributed by atoms with Crippen molar-refractivity contribution in [3.8, 4) is 5.75 Å². The van der Waals surface area contributed by atoms with Gasteiger partial charge in [0.25, 0.3) is 0 Å². The van der Waals surface area contributed by atoms with Crippen LogP contribution < -0.4 is 4.74 Å². The molecular formula is C8H6Cl2F2OS. The maximum Gasteiger partial charge on any atom is 0.387 e. The van der Waals surface area contributed by atoms with Crippen molar-refractivity contribution in [2.24, 2.45) is 0 Å². The lowest BCUT2D eigenvalue weighted by Crippen LogP contribution is -2.03. The normalized spacial score (nSPS) is 10.7. The van der Waals surface area contributed by atoms with E-state index in [-0.39, 0.29) is 10.8 Å². The Morgan fingerprint density at radius 2 is 2.00 bits per heavy atom. The van der Waals surface area contributed by atoms with E-state index in [1.165, 1.54) is 23.9 Å². The number of ether oxygens (including phenoxy) is 1. The van der Waals surface area contributed by atoms with E-state index in [1.807, 2.05) is 0 Å². The zero-order chi connectivity index (χ0) is 10.7. The van der Waals surface area contributed by atoms with E-state index < -0.39 is 6.61 Å². The largest absolute Gasteiger partial charge is 0.434 e. The molecule has 0 bridgehead atoms. The Morgan fingerprint density at radius 3 is 2.50 bits per heavy atom. The van der Waals surface area contributed by atoms with Crippen molar-refractivity contribution < 1.29 is 13.5 Å². The van der Waals surface area contributed by atoms with Crippen LogP contribution in [0.5, 0.6) is 5.75 Å². The van der Waals surface area contributed by atoms with Gasteiger partial charge in [-0.3, -0.25) is 0 Å². The number of rotatable bonds is 3. The smallest absolute Gasteiger partial charge is 0.387 e. The molecule has 0 unspecified atom stereocenters. The van der Waals surface area contributed by atoms with E-state index in [2.05, 4.69) is 4.74 Å². The van der Waals surface area contributed by atoms with Crippen LogP contribution in [0.4, 0.5) is 8.78 Å². The summed E-state index contributed by atoms with van der Waals surface area (Å²) in [6, 6.07) is 2.79. The van der Waals surface area contributed by atoms with Crippen LogP contribution in [0.25, 0.3) is 0 Å². The highest BCUT2D eigenvalue weighted by Crippen LogP contribution is 2.37.